The zero-order valence-electron chi connectivity index (χ0n) is 18.2. The molecule has 1 amide bonds. The van der Waals surface area contributed by atoms with E-state index in [9.17, 15) is 13.2 Å². The molecule has 0 aliphatic carbocycles. The number of pyridine rings is 1. The van der Waals surface area contributed by atoms with Crippen LogP contribution >= 0.6 is 0 Å². The number of hydrogen-bond acceptors (Lipinski definition) is 6. The lowest BCUT2D eigenvalue weighted by Gasteiger charge is -2.21. The van der Waals surface area contributed by atoms with E-state index >= 15 is 0 Å². The Morgan fingerprint density at radius 1 is 1.06 bits per heavy atom. The van der Waals surface area contributed by atoms with Crippen LogP contribution in [0.15, 0.2) is 53.4 Å². The van der Waals surface area contributed by atoms with Crippen LogP contribution in [0.4, 0.5) is 0 Å². The SMILES string of the molecule is COCc1cccc2nc(C(=O)NS(=O)(=O)c3cc(C(C)(C)C)ccc3OC)ccc12. The highest BCUT2D eigenvalue weighted by molar-refractivity contribution is 7.90. The summed E-state index contributed by atoms with van der Waals surface area (Å²) in [5, 5.41) is 0.836. The first-order chi connectivity index (χ1) is 14.6. The van der Waals surface area contributed by atoms with E-state index in [1.807, 2.05) is 39.0 Å². The molecule has 0 bridgehead atoms. The number of fused-ring (bicyclic) bond motifs is 1. The number of amides is 1. The zero-order valence-corrected chi connectivity index (χ0v) is 19.0. The second-order valence-electron chi connectivity index (χ2n) is 8.16. The zero-order chi connectivity index (χ0) is 22.8. The topological polar surface area (TPSA) is 94.6 Å². The number of ether oxygens (including phenoxy) is 2. The van der Waals surface area contributed by atoms with Gasteiger partial charge in [-0.1, -0.05) is 45.0 Å². The summed E-state index contributed by atoms with van der Waals surface area (Å²) in [7, 11) is -1.20. The van der Waals surface area contributed by atoms with Crippen LogP contribution in [0.25, 0.3) is 10.9 Å². The number of methoxy groups -OCH3 is 2. The quantitative estimate of drug-likeness (QED) is 0.624. The van der Waals surface area contributed by atoms with Crippen molar-refractivity contribution in [1.29, 1.82) is 0 Å². The van der Waals surface area contributed by atoms with Crippen molar-refractivity contribution in [3.8, 4) is 5.75 Å². The summed E-state index contributed by atoms with van der Waals surface area (Å²) in [6.07, 6.45) is 0. The molecule has 0 saturated heterocycles. The highest BCUT2D eigenvalue weighted by Crippen LogP contribution is 2.31. The number of sulfonamides is 1. The van der Waals surface area contributed by atoms with Gasteiger partial charge in [0.15, 0.2) is 0 Å². The minimum absolute atomic E-state index is 0.00316. The molecule has 0 unspecified atom stereocenters. The maximum Gasteiger partial charge on any atom is 0.283 e. The molecule has 3 rings (SSSR count). The molecule has 3 aromatic rings. The average molecular weight is 443 g/mol. The summed E-state index contributed by atoms with van der Waals surface area (Å²) >= 11 is 0. The molecular formula is C23H26N2O5S. The van der Waals surface area contributed by atoms with E-state index in [-0.39, 0.29) is 21.8 Å². The molecule has 0 aliphatic rings. The smallest absolute Gasteiger partial charge is 0.283 e. The van der Waals surface area contributed by atoms with Crippen molar-refractivity contribution in [3.05, 3.63) is 65.4 Å². The Hall–Kier alpha value is -2.97. The molecule has 31 heavy (non-hydrogen) atoms. The van der Waals surface area contributed by atoms with Gasteiger partial charge in [-0.25, -0.2) is 18.1 Å². The molecule has 1 heterocycles. The van der Waals surface area contributed by atoms with Gasteiger partial charge in [-0.15, -0.1) is 0 Å². The van der Waals surface area contributed by atoms with Crippen LogP contribution in [-0.4, -0.2) is 33.5 Å². The van der Waals surface area contributed by atoms with Gasteiger partial charge < -0.3 is 9.47 Å². The van der Waals surface area contributed by atoms with Gasteiger partial charge in [-0.05, 0) is 40.8 Å². The molecule has 8 heteroatoms. The molecule has 2 aromatic carbocycles. The van der Waals surface area contributed by atoms with E-state index in [1.54, 1.807) is 25.3 Å². The van der Waals surface area contributed by atoms with Gasteiger partial charge in [0.2, 0.25) is 0 Å². The number of benzene rings is 2. The highest BCUT2D eigenvalue weighted by atomic mass is 32.2. The van der Waals surface area contributed by atoms with Crippen LogP contribution in [0.1, 0.15) is 42.4 Å². The summed E-state index contributed by atoms with van der Waals surface area (Å²) in [6, 6.07) is 13.6. The number of aromatic nitrogens is 1. The first-order valence-corrected chi connectivity index (χ1v) is 11.2. The van der Waals surface area contributed by atoms with Gasteiger partial charge in [0.25, 0.3) is 15.9 Å². The van der Waals surface area contributed by atoms with E-state index in [4.69, 9.17) is 9.47 Å². The molecule has 1 aromatic heterocycles. The van der Waals surface area contributed by atoms with Gasteiger partial charge in [-0.2, -0.15) is 0 Å². The van der Waals surface area contributed by atoms with Crippen molar-refractivity contribution in [3.63, 3.8) is 0 Å². The van der Waals surface area contributed by atoms with Gasteiger partial charge in [0, 0.05) is 12.5 Å². The summed E-state index contributed by atoms with van der Waals surface area (Å²) in [4.78, 5) is 17.0. The van der Waals surface area contributed by atoms with E-state index in [2.05, 4.69) is 9.71 Å². The van der Waals surface area contributed by atoms with Crippen LogP contribution in [-0.2, 0) is 26.8 Å². The molecule has 1 N–H and O–H groups in total. The Morgan fingerprint density at radius 2 is 1.81 bits per heavy atom. The summed E-state index contributed by atoms with van der Waals surface area (Å²) in [6.45, 7) is 6.32. The highest BCUT2D eigenvalue weighted by Gasteiger charge is 2.26. The second kappa shape index (κ2) is 8.64. The van der Waals surface area contributed by atoms with Crippen LogP contribution < -0.4 is 9.46 Å². The van der Waals surface area contributed by atoms with E-state index in [1.165, 1.54) is 19.2 Å². The van der Waals surface area contributed by atoms with Crippen molar-refractivity contribution >= 4 is 26.8 Å². The van der Waals surface area contributed by atoms with Crippen molar-refractivity contribution in [2.75, 3.05) is 14.2 Å². The van der Waals surface area contributed by atoms with Crippen molar-refractivity contribution in [1.82, 2.24) is 9.71 Å². The summed E-state index contributed by atoms with van der Waals surface area (Å²) in [5.74, 6) is -0.661. The molecule has 0 saturated carbocycles. The second-order valence-corrected chi connectivity index (χ2v) is 9.81. The number of hydrogen-bond donors (Lipinski definition) is 1. The predicted octanol–water partition coefficient (Wildman–Crippen LogP) is 3.81. The lowest BCUT2D eigenvalue weighted by atomic mass is 9.87. The Bertz CT molecular complexity index is 1230. The maximum absolute atomic E-state index is 13.0. The molecular weight excluding hydrogens is 416 g/mol. The number of nitrogens with zero attached hydrogens (tertiary/aromatic N) is 1. The summed E-state index contributed by atoms with van der Waals surface area (Å²) in [5.41, 5.74) is 2.02. The van der Waals surface area contributed by atoms with E-state index < -0.39 is 15.9 Å². The molecule has 0 aliphatic heterocycles. The third-order valence-corrected chi connectivity index (χ3v) is 6.25. The van der Waals surface area contributed by atoms with Crippen molar-refractivity contribution < 1.29 is 22.7 Å². The first-order valence-electron chi connectivity index (χ1n) is 9.70. The first kappa shape index (κ1) is 22.7. The van der Waals surface area contributed by atoms with Gasteiger partial charge >= 0.3 is 0 Å². The van der Waals surface area contributed by atoms with Gasteiger partial charge in [-0.3, -0.25) is 4.79 Å². The largest absolute Gasteiger partial charge is 0.495 e. The molecule has 0 atom stereocenters. The Balaban J connectivity index is 1.96. The number of rotatable bonds is 6. The number of carbonyl (C=O) groups is 1. The van der Waals surface area contributed by atoms with Crippen LogP contribution in [0.3, 0.4) is 0 Å². The average Bonchev–Trinajstić information content (AvgIpc) is 2.72. The van der Waals surface area contributed by atoms with Crippen LogP contribution in [0.2, 0.25) is 0 Å². The minimum Gasteiger partial charge on any atom is -0.495 e. The van der Waals surface area contributed by atoms with Gasteiger partial charge in [0.05, 0.1) is 19.2 Å². The van der Waals surface area contributed by atoms with E-state index in [0.717, 1.165) is 16.5 Å². The standard InChI is InChI=1S/C23H26N2O5S/c1-23(2,3)16-9-12-20(30-5)21(13-16)31(27,28)25-22(26)19-11-10-17-15(14-29-4)7-6-8-18(17)24-19/h6-13H,14H2,1-5H3,(H,25,26). The molecule has 0 spiro atoms. The van der Waals surface area contributed by atoms with E-state index in [0.29, 0.717) is 12.1 Å². The van der Waals surface area contributed by atoms with Crippen LogP contribution in [0, 0.1) is 0 Å². The fourth-order valence-corrected chi connectivity index (χ4v) is 4.37. The normalized spacial score (nSPS) is 12.0. The third-order valence-electron chi connectivity index (χ3n) is 4.90. The number of carbonyl (C=O) groups excluding carboxylic acids is 1. The van der Waals surface area contributed by atoms with Crippen molar-refractivity contribution in [2.45, 2.75) is 37.7 Å². The monoisotopic (exact) mass is 442 g/mol. The minimum atomic E-state index is -4.19. The Kier molecular flexibility index (Phi) is 6.33. The Labute approximate surface area is 182 Å². The fourth-order valence-electron chi connectivity index (χ4n) is 3.21. The van der Waals surface area contributed by atoms with Crippen molar-refractivity contribution in [2.24, 2.45) is 0 Å². The molecule has 0 radical (unpaired) electrons. The van der Waals surface area contributed by atoms with Gasteiger partial charge in [0.1, 0.15) is 16.3 Å². The fraction of sp³-hybridized carbons (Fsp3) is 0.304. The lowest BCUT2D eigenvalue weighted by Crippen LogP contribution is -2.31. The third kappa shape index (κ3) is 4.86. The molecule has 7 nitrogen and oxygen atoms in total. The lowest BCUT2D eigenvalue weighted by molar-refractivity contribution is 0.0977. The summed E-state index contributed by atoms with van der Waals surface area (Å²) < 4.78 is 38.6. The molecule has 164 valence electrons. The molecule has 0 fully saturated rings. The Morgan fingerprint density at radius 3 is 2.45 bits per heavy atom. The number of nitrogens with one attached hydrogen (secondary N) is 1. The predicted molar refractivity (Wildman–Crippen MR) is 119 cm³/mol. The maximum atomic E-state index is 13.0. The van der Waals surface area contributed by atoms with Crippen LogP contribution in [0.5, 0.6) is 5.75 Å².